The van der Waals surface area contributed by atoms with E-state index in [-0.39, 0.29) is 18.1 Å². The molecule has 18 heavy (non-hydrogen) atoms. The fourth-order valence-electron chi connectivity index (χ4n) is 3.05. The smallest absolute Gasteiger partial charge is 0.251 e. The molecule has 0 bridgehead atoms. The van der Waals surface area contributed by atoms with Crippen molar-refractivity contribution in [2.75, 3.05) is 19.6 Å². The molecule has 0 spiro atoms. The number of amides is 1. The highest BCUT2D eigenvalue weighted by Gasteiger charge is 2.34. The molecular formula is C14H26N2O2. The first-order valence-electron chi connectivity index (χ1n) is 7.26. The van der Waals surface area contributed by atoms with Crippen molar-refractivity contribution in [2.45, 2.75) is 51.7 Å². The Kier molecular flexibility index (Phi) is 4.62. The minimum Gasteiger partial charge on any atom is -0.364 e. The lowest BCUT2D eigenvalue weighted by molar-refractivity contribution is -0.144. The SMILES string of the molecule is CC(C)C1CCN(C(=O)C2CCC(CN)O2)CC1. The zero-order valence-electron chi connectivity index (χ0n) is 11.6. The van der Waals surface area contributed by atoms with Crippen LogP contribution in [0.2, 0.25) is 0 Å². The van der Waals surface area contributed by atoms with E-state index in [1.807, 2.05) is 4.90 Å². The van der Waals surface area contributed by atoms with Gasteiger partial charge in [0.1, 0.15) is 6.10 Å². The summed E-state index contributed by atoms with van der Waals surface area (Å²) in [7, 11) is 0. The van der Waals surface area contributed by atoms with Gasteiger partial charge in [0, 0.05) is 19.6 Å². The van der Waals surface area contributed by atoms with Crippen molar-refractivity contribution in [3.05, 3.63) is 0 Å². The molecule has 1 amide bonds. The summed E-state index contributed by atoms with van der Waals surface area (Å²) in [5.41, 5.74) is 5.58. The number of nitrogens with zero attached hydrogens (tertiary/aromatic N) is 1. The zero-order chi connectivity index (χ0) is 13.1. The Morgan fingerprint density at radius 1 is 1.28 bits per heavy atom. The molecule has 0 aromatic rings. The predicted octanol–water partition coefficient (Wildman–Crippen LogP) is 1.39. The van der Waals surface area contributed by atoms with Gasteiger partial charge in [0.2, 0.25) is 0 Å². The maximum Gasteiger partial charge on any atom is 0.251 e. The highest BCUT2D eigenvalue weighted by molar-refractivity contribution is 5.81. The van der Waals surface area contributed by atoms with Crippen LogP contribution in [0, 0.1) is 11.8 Å². The van der Waals surface area contributed by atoms with Gasteiger partial charge >= 0.3 is 0 Å². The van der Waals surface area contributed by atoms with Gasteiger partial charge in [0.15, 0.2) is 0 Å². The Labute approximate surface area is 110 Å². The van der Waals surface area contributed by atoms with Crippen molar-refractivity contribution in [3.63, 3.8) is 0 Å². The normalized spacial score (nSPS) is 30.1. The molecule has 0 radical (unpaired) electrons. The molecule has 0 aliphatic carbocycles. The molecule has 0 aromatic heterocycles. The lowest BCUT2D eigenvalue weighted by Gasteiger charge is -2.35. The summed E-state index contributed by atoms with van der Waals surface area (Å²) in [6, 6.07) is 0. The Balaban J connectivity index is 1.81. The average Bonchev–Trinajstić information content (AvgIpc) is 2.86. The van der Waals surface area contributed by atoms with Gasteiger partial charge in [-0.15, -0.1) is 0 Å². The first kappa shape index (κ1) is 13.8. The van der Waals surface area contributed by atoms with Gasteiger partial charge in [0.05, 0.1) is 6.10 Å². The van der Waals surface area contributed by atoms with Gasteiger partial charge in [-0.3, -0.25) is 4.79 Å². The van der Waals surface area contributed by atoms with Crippen molar-refractivity contribution < 1.29 is 9.53 Å². The van der Waals surface area contributed by atoms with E-state index in [1.165, 1.54) is 0 Å². The van der Waals surface area contributed by atoms with Crippen LogP contribution >= 0.6 is 0 Å². The molecule has 0 saturated carbocycles. The Morgan fingerprint density at radius 3 is 2.44 bits per heavy atom. The van der Waals surface area contributed by atoms with Crippen LogP contribution in [0.15, 0.2) is 0 Å². The molecule has 2 saturated heterocycles. The number of carbonyl (C=O) groups excluding carboxylic acids is 1. The van der Waals surface area contributed by atoms with Gasteiger partial charge in [-0.05, 0) is 37.5 Å². The Bertz CT molecular complexity index is 286. The van der Waals surface area contributed by atoms with Crippen LogP contribution in [0.25, 0.3) is 0 Å². The molecule has 2 atom stereocenters. The summed E-state index contributed by atoms with van der Waals surface area (Å²) in [6.07, 6.45) is 3.90. The van der Waals surface area contributed by atoms with Gasteiger partial charge in [-0.1, -0.05) is 13.8 Å². The largest absolute Gasteiger partial charge is 0.364 e. The average molecular weight is 254 g/mol. The second kappa shape index (κ2) is 6.02. The Hall–Kier alpha value is -0.610. The minimum absolute atomic E-state index is 0.0900. The summed E-state index contributed by atoms with van der Waals surface area (Å²) in [4.78, 5) is 14.3. The number of carbonyl (C=O) groups is 1. The van der Waals surface area contributed by atoms with E-state index in [4.69, 9.17) is 10.5 Å². The van der Waals surface area contributed by atoms with E-state index >= 15 is 0 Å². The first-order valence-corrected chi connectivity index (χ1v) is 7.26. The van der Waals surface area contributed by atoms with Gasteiger partial charge in [-0.2, -0.15) is 0 Å². The maximum atomic E-state index is 12.3. The van der Waals surface area contributed by atoms with Crippen molar-refractivity contribution in [1.29, 1.82) is 0 Å². The van der Waals surface area contributed by atoms with Gasteiger partial charge in [0.25, 0.3) is 5.91 Å². The van der Waals surface area contributed by atoms with Gasteiger partial charge in [-0.25, -0.2) is 0 Å². The summed E-state index contributed by atoms with van der Waals surface area (Å²) >= 11 is 0. The number of hydrogen-bond acceptors (Lipinski definition) is 3. The molecule has 2 rings (SSSR count). The second-order valence-corrected chi connectivity index (χ2v) is 5.97. The first-order chi connectivity index (χ1) is 8.61. The highest BCUT2D eigenvalue weighted by atomic mass is 16.5. The number of hydrogen-bond donors (Lipinski definition) is 1. The van der Waals surface area contributed by atoms with Crippen LogP contribution in [0.3, 0.4) is 0 Å². The maximum absolute atomic E-state index is 12.3. The molecule has 2 N–H and O–H groups in total. The molecule has 2 fully saturated rings. The van der Waals surface area contributed by atoms with Crippen LogP contribution in [-0.2, 0) is 9.53 Å². The lowest BCUT2D eigenvalue weighted by Crippen LogP contribution is -2.44. The van der Waals surface area contributed by atoms with Gasteiger partial charge < -0.3 is 15.4 Å². The molecule has 0 aromatic carbocycles. The number of rotatable bonds is 3. The summed E-state index contributed by atoms with van der Waals surface area (Å²) in [5.74, 6) is 1.69. The number of likely N-dealkylation sites (tertiary alicyclic amines) is 1. The predicted molar refractivity (Wildman–Crippen MR) is 71.1 cm³/mol. The summed E-state index contributed by atoms with van der Waals surface area (Å²) in [5, 5.41) is 0. The second-order valence-electron chi connectivity index (χ2n) is 5.97. The molecule has 104 valence electrons. The fourth-order valence-corrected chi connectivity index (χ4v) is 3.05. The minimum atomic E-state index is -0.228. The summed E-state index contributed by atoms with van der Waals surface area (Å²) in [6.45, 7) is 6.87. The standard InChI is InChI=1S/C14H26N2O2/c1-10(2)11-5-7-16(8-6-11)14(17)13-4-3-12(9-15)18-13/h10-13H,3-9,15H2,1-2H3. The van der Waals surface area contributed by atoms with Crippen molar-refractivity contribution in [1.82, 2.24) is 4.90 Å². The van der Waals surface area contributed by atoms with E-state index in [2.05, 4.69) is 13.8 Å². The molecule has 4 nitrogen and oxygen atoms in total. The molecule has 2 heterocycles. The van der Waals surface area contributed by atoms with Crippen LogP contribution in [-0.4, -0.2) is 42.6 Å². The zero-order valence-corrected chi connectivity index (χ0v) is 11.6. The molecule has 4 heteroatoms. The molecule has 2 unspecified atom stereocenters. The van der Waals surface area contributed by atoms with Crippen molar-refractivity contribution >= 4 is 5.91 Å². The third-order valence-electron chi connectivity index (χ3n) is 4.44. The van der Waals surface area contributed by atoms with Crippen LogP contribution in [0.5, 0.6) is 0 Å². The third kappa shape index (κ3) is 3.04. The summed E-state index contributed by atoms with van der Waals surface area (Å²) < 4.78 is 5.68. The lowest BCUT2D eigenvalue weighted by atomic mass is 9.86. The number of nitrogens with two attached hydrogens (primary N) is 1. The van der Waals surface area contributed by atoms with E-state index in [0.29, 0.717) is 6.54 Å². The quantitative estimate of drug-likeness (QED) is 0.828. The topological polar surface area (TPSA) is 55.6 Å². The monoisotopic (exact) mass is 254 g/mol. The third-order valence-corrected chi connectivity index (χ3v) is 4.44. The van der Waals surface area contributed by atoms with E-state index in [0.717, 1.165) is 50.6 Å². The van der Waals surface area contributed by atoms with E-state index in [9.17, 15) is 4.79 Å². The fraction of sp³-hybridized carbons (Fsp3) is 0.929. The van der Waals surface area contributed by atoms with Crippen LogP contribution < -0.4 is 5.73 Å². The van der Waals surface area contributed by atoms with Crippen LogP contribution in [0.1, 0.15) is 39.5 Å². The number of piperidine rings is 1. The van der Waals surface area contributed by atoms with E-state index < -0.39 is 0 Å². The van der Waals surface area contributed by atoms with Crippen molar-refractivity contribution in [2.24, 2.45) is 17.6 Å². The Morgan fingerprint density at radius 2 is 1.94 bits per heavy atom. The highest BCUT2D eigenvalue weighted by Crippen LogP contribution is 2.27. The molecular weight excluding hydrogens is 228 g/mol. The number of ether oxygens (including phenoxy) is 1. The van der Waals surface area contributed by atoms with Crippen molar-refractivity contribution in [3.8, 4) is 0 Å². The molecule has 2 aliphatic heterocycles. The molecule has 2 aliphatic rings. The van der Waals surface area contributed by atoms with Crippen LogP contribution in [0.4, 0.5) is 0 Å². The van der Waals surface area contributed by atoms with E-state index in [1.54, 1.807) is 0 Å².